The SMILES string of the molecule is CCOP(=O)(OCC)SCCSC(CC(=O)OC)C(=O)OC. The monoisotopic (exact) mass is 374 g/mol. The number of carbonyl (C=O) groups excluding carboxylic acids is 2. The van der Waals surface area contributed by atoms with Crippen LogP contribution in [0.2, 0.25) is 0 Å². The quantitative estimate of drug-likeness (QED) is 0.291. The van der Waals surface area contributed by atoms with Gasteiger partial charge in [-0.05, 0) is 25.2 Å². The van der Waals surface area contributed by atoms with Gasteiger partial charge in [0.25, 0.3) is 0 Å². The number of ether oxygens (including phenoxy) is 2. The second-order valence-electron chi connectivity index (χ2n) is 3.78. The topological polar surface area (TPSA) is 88.1 Å². The van der Waals surface area contributed by atoms with Gasteiger partial charge in [0.15, 0.2) is 0 Å². The lowest BCUT2D eigenvalue weighted by Gasteiger charge is -2.16. The third kappa shape index (κ3) is 9.05. The molecule has 0 aliphatic heterocycles. The highest BCUT2D eigenvalue weighted by molar-refractivity contribution is 8.55. The summed E-state index contributed by atoms with van der Waals surface area (Å²) in [6.45, 7) is 0.926. The van der Waals surface area contributed by atoms with Crippen molar-refractivity contribution in [1.82, 2.24) is 0 Å². The summed E-state index contributed by atoms with van der Waals surface area (Å²) in [7, 11) is 2.53. The van der Waals surface area contributed by atoms with E-state index in [1.54, 1.807) is 13.8 Å². The summed E-state index contributed by atoms with van der Waals surface area (Å²) in [5, 5.41) is -0.642. The van der Waals surface area contributed by atoms with Crippen LogP contribution in [0.5, 0.6) is 0 Å². The van der Waals surface area contributed by atoms with Gasteiger partial charge < -0.3 is 18.5 Å². The predicted octanol–water partition coefficient (Wildman–Crippen LogP) is 2.74. The van der Waals surface area contributed by atoms with E-state index in [4.69, 9.17) is 9.05 Å². The number of hydrogen-bond donors (Lipinski definition) is 0. The molecule has 7 nitrogen and oxygen atoms in total. The van der Waals surface area contributed by atoms with Crippen LogP contribution < -0.4 is 0 Å². The molecular formula is C12H23O7PS2. The van der Waals surface area contributed by atoms with Crippen molar-refractivity contribution in [2.45, 2.75) is 25.5 Å². The highest BCUT2D eigenvalue weighted by Crippen LogP contribution is 2.60. The first-order chi connectivity index (χ1) is 10.4. The largest absolute Gasteiger partial charge is 0.469 e. The minimum absolute atomic E-state index is 0.0624. The second kappa shape index (κ2) is 12.2. The van der Waals surface area contributed by atoms with Crippen molar-refractivity contribution in [3.63, 3.8) is 0 Å². The molecule has 0 aliphatic carbocycles. The van der Waals surface area contributed by atoms with Crippen LogP contribution in [0.25, 0.3) is 0 Å². The van der Waals surface area contributed by atoms with Crippen LogP contribution in [0.3, 0.4) is 0 Å². The van der Waals surface area contributed by atoms with Gasteiger partial charge in [-0.15, -0.1) is 11.8 Å². The standard InChI is InChI=1S/C12H23O7PS2/c1-5-18-20(15,19-6-2)22-8-7-21-10(12(14)17-4)9-11(13)16-3/h10H,5-9H2,1-4H3. The van der Waals surface area contributed by atoms with E-state index in [9.17, 15) is 14.2 Å². The minimum atomic E-state index is -3.15. The van der Waals surface area contributed by atoms with E-state index in [0.29, 0.717) is 24.7 Å². The Balaban J connectivity index is 4.34. The van der Waals surface area contributed by atoms with Gasteiger partial charge in [0, 0.05) is 11.5 Å². The molecule has 0 saturated carbocycles. The summed E-state index contributed by atoms with van der Waals surface area (Å²) in [5.41, 5.74) is 0. The third-order valence-corrected chi connectivity index (χ3v) is 7.71. The van der Waals surface area contributed by atoms with Crippen molar-refractivity contribution in [3.05, 3.63) is 0 Å². The zero-order valence-electron chi connectivity index (χ0n) is 13.2. The Morgan fingerprint density at radius 1 is 1.05 bits per heavy atom. The van der Waals surface area contributed by atoms with E-state index in [0.717, 1.165) is 11.4 Å². The Hall–Kier alpha value is -0.210. The molecule has 0 aromatic heterocycles. The first kappa shape index (κ1) is 21.8. The van der Waals surface area contributed by atoms with Crippen molar-refractivity contribution >= 4 is 41.9 Å². The first-order valence-corrected chi connectivity index (χ1v) is 10.9. The summed E-state index contributed by atoms with van der Waals surface area (Å²) in [6.07, 6.45) is -0.0624. The Kier molecular flexibility index (Phi) is 12.1. The van der Waals surface area contributed by atoms with Crippen LogP contribution in [-0.2, 0) is 32.7 Å². The fraction of sp³-hybridized carbons (Fsp3) is 0.833. The molecule has 1 unspecified atom stereocenters. The van der Waals surface area contributed by atoms with Gasteiger partial charge in [0.1, 0.15) is 5.25 Å². The van der Waals surface area contributed by atoms with Crippen molar-refractivity contribution in [3.8, 4) is 0 Å². The molecule has 0 amide bonds. The number of thioether (sulfide) groups is 1. The molecule has 0 bridgehead atoms. The van der Waals surface area contributed by atoms with Gasteiger partial charge in [0.05, 0.1) is 33.9 Å². The predicted molar refractivity (Wildman–Crippen MR) is 88.2 cm³/mol. The lowest BCUT2D eigenvalue weighted by Crippen LogP contribution is -2.23. The van der Waals surface area contributed by atoms with Crippen LogP contribution in [0, 0.1) is 0 Å². The minimum Gasteiger partial charge on any atom is -0.469 e. The number of carbonyl (C=O) groups is 2. The molecule has 0 heterocycles. The average Bonchev–Trinajstić information content (AvgIpc) is 2.49. The van der Waals surface area contributed by atoms with E-state index in [-0.39, 0.29) is 6.42 Å². The molecule has 0 N–H and O–H groups in total. The molecule has 0 saturated heterocycles. The van der Waals surface area contributed by atoms with Crippen molar-refractivity contribution < 1.29 is 32.7 Å². The van der Waals surface area contributed by atoms with Crippen LogP contribution in [0.1, 0.15) is 20.3 Å². The molecule has 0 aromatic carbocycles. The maximum absolute atomic E-state index is 12.2. The van der Waals surface area contributed by atoms with Gasteiger partial charge in [-0.25, -0.2) is 4.57 Å². The van der Waals surface area contributed by atoms with Crippen LogP contribution in [0.4, 0.5) is 0 Å². The molecule has 22 heavy (non-hydrogen) atoms. The van der Waals surface area contributed by atoms with E-state index >= 15 is 0 Å². The Morgan fingerprint density at radius 2 is 1.64 bits per heavy atom. The average molecular weight is 374 g/mol. The van der Waals surface area contributed by atoms with Crippen molar-refractivity contribution in [1.29, 1.82) is 0 Å². The lowest BCUT2D eigenvalue weighted by molar-refractivity contribution is -0.146. The summed E-state index contributed by atoms with van der Waals surface area (Å²) in [5.74, 6) is -0.0228. The van der Waals surface area contributed by atoms with Gasteiger partial charge in [-0.2, -0.15) is 0 Å². The van der Waals surface area contributed by atoms with Gasteiger partial charge in [-0.1, -0.05) is 0 Å². The molecule has 0 rings (SSSR count). The van der Waals surface area contributed by atoms with Crippen molar-refractivity contribution in [2.24, 2.45) is 0 Å². The molecule has 0 radical (unpaired) electrons. The van der Waals surface area contributed by atoms with Crippen molar-refractivity contribution in [2.75, 3.05) is 38.9 Å². The number of methoxy groups -OCH3 is 2. The number of esters is 2. The van der Waals surface area contributed by atoms with E-state index in [1.807, 2.05) is 0 Å². The third-order valence-electron chi connectivity index (χ3n) is 2.27. The fourth-order valence-electron chi connectivity index (χ4n) is 1.34. The van der Waals surface area contributed by atoms with E-state index in [1.165, 1.54) is 26.0 Å². The maximum Gasteiger partial charge on any atom is 0.389 e. The summed E-state index contributed by atoms with van der Waals surface area (Å²) >= 11 is 2.33. The van der Waals surface area contributed by atoms with Gasteiger partial charge >= 0.3 is 18.7 Å². The Morgan fingerprint density at radius 3 is 2.09 bits per heavy atom. The molecule has 0 aliphatic rings. The fourth-order valence-corrected chi connectivity index (χ4v) is 6.30. The normalized spacial score (nSPS) is 12.7. The highest BCUT2D eigenvalue weighted by Gasteiger charge is 2.26. The summed E-state index contributed by atoms with van der Waals surface area (Å²) in [4.78, 5) is 22.9. The number of hydrogen-bond acceptors (Lipinski definition) is 9. The van der Waals surface area contributed by atoms with Crippen LogP contribution in [0.15, 0.2) is 0 Å². The van der Waals surface area contributed by atoms with Crippen LogP contribution in [-0.4, -0.2) is 56.1 Å². The van der Waals surface area contributed by atoms with Crippen LogP contribution >= 0.6 is 29.9 Å². The first-order valence-electron chi connectivity index (χ1n) is 6.72. The summed E-state index contributed by atoms with van der Waals surface area (Å²) in [6, 6.07) is 0. The molecule has 10 heteroatoms. The van der Waals surface area contributed by atoms with E-state index in [2.05, 4.69) is 9.47 Å². The zero-order chi connectivity index (χ0) is 17.0. The molecular weight excluding hydrogens is 351 g/mol. The summed E-state index contributed by atoms with van der Waals surface area (Å²) < 4.78 is 31.7. The molecule has 1 atom stereocenters. The number of rotatable bonds is 12. The molecule has 0 spiro atoms. The van der Waals surface area contributed by atoms with E-state index < -0.39 is 24.0 Å². The maximum atomic E-state index is 12.2. The zero-order valence-corrected chi connectivity index (χ0v) is 15.8. The molecule has 0 aromatic rings. The second-order valence-corrected chi connectivity index (χ2v) is 9.28. The highest BCUT2D eigenvalue weighted by atomic mass is 32.7. The van der Waals surface area contributed by atoms with Gasteiger partial charge in [0.2, 0.25) is 0 Å². The Labute approximate surface area is 139 Å². The molecule has 0 fully saturated rings. The molecule has 130 valence electrons. The smallest absolute Gasteiger partial charge is 0.389 e. The Bertz CT molecular complexity index is 382. The van der Waals surface area contributed by atoms with Gasteiger partial charge in [-0.3, -0.25) is 9.59 Å². The lowest BCUT2D eigenvalue weighted by atomic mass is 10.3.